The second kappa shape index (κ2) is 4.08. The van der Waals surface area contributed by atoms with Crippen LogP contribution in [0.1, 0.15) is 30.8 Å². The van der Waals surface area contributed by atoms with Crippen molar-refractivity contribution in [2.45, 2.75) is 25.7 Å². The van der Waals surface area contributed by atoms with Gasteiger partial charge in [0.1, 0.15) is 5.82 Å². The Hall–Kier alpha value is -1.65. The molecule has 1 saturated heterocycles. The lowest BCUT2D eigenvalue weighted by molar-refractivity contribution is -0.126. The monoisotopic (exact) mass is 221 g/mol. The highest BCUT2D eigenvalue weighted by molar-refractivity contribution is 5.79. The van der Waals surface area contributed by atoms with E-state index in [1.165, 1.54) is 6.07 Å². The zero-order valence-electron chi connectivity index (χ0n) is 9.49. The fourth-order valence-corrected chi connectivity index (χ4v) is 1.97. The van der Waals surface area contributed by atoms with Gasteiger partial charge in [0.2, 0.25) is 5.91 Å². The quantitative estimate of drug-likeness (QED) is 0.780. The topological polar surface area (TPSA) is 66.1 Å². The van der Waals surface area contributed by atoms with Crippen molar-refractivity contribution < 1.29 is 4.79 Å². The Morgan fingerprint density at radius 2 is 2.31 bits per heavy atom. The molecule has 0 aliphatic carbocycles. The van der Waals surface area contributed by atoms with Gasteiger partial charge < -0.3 is 9.88 Å². The third kappa shape index (κ3) is 1.98. The molecule has 1 fully saturated rings. The fourth-order valence-electron chi connectivity index (χ4n) is 1.97. The van der Waals surface area contributed by atoms with E-state index < -0.39 is 0 Å². The SMILES string of the molecule is CCc1nc(C2CC(=O)N(C)C2)cc(=O)[nH]1. The Morgan fingerprint density at radius 3 is 2.88 bits per heavy atom. The van der Waals surface area contributed by atoms with Gasteiger partial charge in [0.25, 0.3) is 5.56 Å². The summed E-state index contributed by atoms with van der Waals surface area (Å²) in [5.41, 5.74) is 0.599. The van der Waals surface area contributed by atoms with Crippen molar-refractivity contribution in [2.75, 3.05) is 13.6 Å². The van der Waals surface area contributed by atoms with E-state index in [2.05, 4.69) is 9.97 Å². The molecular formula is C11H15N3O2. The average molecular weight is 221 g/mol. The van der Waals surface area contributed by atoms with E-state index >= 15 is 0 Å². The van der Waals surface area contributed by atoms with Gasteiger partial charge in [-0.3, -0.25) is 9.59 Å². The van der Waals surface area contributed by atoms with Crippen molar-refractivity contribution in [1.82, 2.24) is 14.9 Å². The molecule has 0 spiro atoms. The second-order valence-electron chi connectivity index (χ2n) is 4.15. The minimum absolute atomic E-state index is 0.0603. The van der Waals surface area contributed by atoms with Crippen LogP contribution in [0, 0.1) is 0 Å². The van der Waals surface area contributed by atoms with Crippen LogP contribution in [-0.4, -0.2) is 34.4 Å². The molecule has 2 rings (SSSR count). The molecule has 0 bridgehead atoms. The minimum atomic E-state index is -0.135. The predicted molar refractivity (Wildman–Crippen MR) is 59.2 cm³/mol. The van der Waals surface area contributed by atoms with Crippen molar-refractivity contribution in [2.24, 2.45) is 0 Å². The van der Waals surface area contributed by atoms with Gasteiger partial charge in [-0.1, -0.05) is 6.92 Å². The Balaban J connectivity index is 2.31. The zero-order chi connectivity index (χ0) is 11.7. The van der Waals surface area contributed by atoms with Crippen LogP contribution in [-0.2, 0) is 11.2 Å². The first kappa shape index (κ1) is 10.9. The van der Waals surface area contributed by atoms with E-state index in [4.69, 9.17) is 0 Å². The maximum Gasteiger partial charge on any atom is 0.251 e. The number of likely N-dealkylation sites (N-methyl/N-ethyl adjacent to an activating group) is 1. The highest BCUT2D eigenvalue weighted by atomic mass is 16.2. The first-order valence-electron chi connectivity index (χ1n) is 5.44. The number of likely N-dealkylation sites (tertiary alicyclic amines) is 1. The van der Waals surface area contributed by atoms with Crippen molar-refractivity contribution in [3.05, 3.63) is 27.9 Å². The lowest BCUT2D eigenvalue weighted by Crippen LogP contribution is -2.19. The lowest BCUT2D eigenvalue weighted by Gasteiger charge is -2.10. The third-order valence-electron chi connectivity index (χ3n) is 2.90. The molecule has 0 aromatic carbocycles. The van der Waals surface area contributed by atoms with Crippen LogP contribution in [0.5, 0.6) is 0 Å². The Morgan fingerprint density at radius 1 is 1.56 bits per heavy atom. The maximum atomic E-state index is 11.4. The molecule has 1 atom stereocenters. The van der Waals surface area contributed by atoms with Gasteiger partial charge in [-0.15, -0.1) is 0 Å². The summed E-state index contributed by atoms with van der Waals surface area (Å²) in [6, 6.07) is 1.50. The molecule has 1 amide bonds. The Kier molecular flexibility index (Phi) is 2.77. The lowest BCUT2D eigenvalue weighted by atomic mass is 10.0. The van der Waals surface area contributed by atoms with E-state index in [1.807, 2.05) is 6.92 Å². The van der Waals surface area contributed by atoms with Gasteiger partial charge in [-0.2, -0.15) is 0 Å². The highest BCUT2D eigenvalue weighted by Gasteiger charge is 2.29. The number of nitrogens with one attached hydrogen (secondary N) is 1. The highest BCUT2D eigenvalue weighted by Crippen LogP contribution is 2.24. The van der Waals surface area contributed by atoms with E-state index in [-0.39, 0.29) is 17.4 Å². The molecule has 0 radical (unpaired) electrons. The number of aromatic amines is 1. The molecule has 1 aliphatic rings. The molecule has 1 aliphatic heterocycles. The summed E-state index contributed by atoms with van der Waals surface area (Å²) >= 11 is 0. The maximum absolute atomic E-state index is 11.4. The molecule has 1 aromatic heterocycles. The number of aryl methyl sites for hydroxylation is 1. The van der Waals surface area contributed by atoms with Crippen LogP contribution in [0.4, 0.5) is 0 Å². The van der Waals surface area contributed by atoms with Gasteiger partial charge in [-0.05, 0) is 0 Å². The first-order valence-corrected chi connectivity index (χ1v) is 5.44. The summed E-state index contributed by atoms with van der Waals surface area (Å²) in [5, 5.41) is 0. The van der Waals surface area contributed by atoms with Crippen LogP contribution in [0.15, 0.2) is 10.9 Å². The van der Waals surface area contributed by atoms with Crippen LogP contribution in [0.25, 0.3) is 0 Å². The fraction of sp³-hybridized carbons (Fsp3) is 0.545. The first-order chi connectivity index (χ1) is 7.60. The molecule has 2 heterocycles. The molecule has 86 valence electrons. The number of hydrogen-bond donors (Lipinski definition) is 1. The van der Waals surface area contributed by atoms with Gasteiger partial charge in [0.05, 0.1) is 5.69 Å². The van der Waals surface area contributed by atoms with Crippen LogP contribution < -0.4 is 5.56 Å². The van der Waals surface area contributed by atoms with Crippen molar-refractivity contribution in [3.63, 3.8) is 0 Å². The van der Waals surface area contributed by atoms with Crippen LogP contribution in [0.2, 0.25) is 0 Å². The predicted octanol–water partition coefficient (Wildman–Crippen LogP) is 0.278. The van der Waals surface area contributed by atoms with Gasteiger partial charge >= 0.3 is 0 Å². The number of carbonyl (C=O) groups excluding carboxylic acids is 1. The molecular weight excluding hydrogens is 206 g/mol. The Labute approximate surface area is 93.5 Å². The molecule has 16 heavy (non-hydrogen) atoms. The summed E-state index contributed by atoms with van der Waals surface area (Å²) < 4.78 is 0. The summed E-state index contributed by atoms with van der Waals surface area (Å²) in [6.07, 6.45) is 1.15. The summed E-state index contributed by atoms with van der Waals surface area (Å²) in [4.78, 5) is 31.5. The number of H-pyrrole nitrogens is 1. The van der Waals surface area contributed by atoms with Gasteiger partial charge in [-0.25, -0.2) is 4.98 Å². The van der Waals surface area contributed by atoms with Crippen molar-refractivity contribution >= 4 is 5.91 Å². The van der Waals surface area contributed by atoms with E-state index in [9.17, 15) is 9.59 Å². The summed E-state index contributed by atoms with van der Waals surface area (Å²) in [6.45, 7) is 2.59. The number of hydrogen-bond acceptors (Lipinski definition) is 3. The number of nitrogens with zero attached hydrogens (tertiary/aromatic N) is 2. The van der Waals surface area contributed by atoms with E-state index in [0.717, 1.165) is 5.69 Å². The number of rotatable bonds is 2. The normalized spacial score (nSPS) is 20.5. The van der Waals surface area contributed by atoms with E-state index in [0.29, 0.717) is 25.2 Å². The average Bonchev–Trinajstić information content (AvgIpc) is 2.58. The minimum Gasteiger partial charge on any atom is -0.345 e. The third-order valence-corrected chi connectivity index (χ3v) is 2.90. The molecule has 1 N–H and O–H groups in total. The molecule has 0 saturated carbocycles. The van der Waals surface area contributed by atoms with E-state index in [1.54, 1.807) is 11.9 Å². The largest absolute Gasteiger partial charge is 0.345 e. The molecule has 1 unspecified atom stereocenters. The zero-order valence-corrected chi connectivity index (χ0v) is 9.49. The number of amides is 1. The molecule has 1 aromatic rings. The second-order valence-corrected chi connectivity index (χ2v) is 4.15. The standard InChI is InChI=1S/C11H15N3O2/c1-3-9-12-8(5-10(15)13-9)7-4-11(16)14(2)6-7/h5,7H,3-4,6H2,1-2H3,(H,12,13,15). The number of carbonyl (C=O) groups is 1. The van der Waals surface area contributed by atoms with Crippen molar-refractivity contribution in [1.29, 1.82) is 0 Å². The summed E-state index contributed by atoms with van der Waals surface area (Å²) in [5.74, 6) is 0.861. The van der Waals surface area contributed by atoms with Crippen LogP contribution in [0.3, 0.4) is 0 Å². The Bertz CT molecular complexity index is 467. The molecule has 5 nitrogen and oxygen atoms in total. The van der Waals surface area contributed by atoms with Gasteiger partial charge in [0, 0.05) is 38.4 Å². The van der Waals surface area contributed by atoms with Gasteiger partial charge in [0.15, 0.2) is 0 Å². The number of aromatic nitrogens is 2. The summed E-state index contributed by atoms with van der Waals surface area (Å²) in [7, 11) is 1.77. The van der Waals surface area contributed by atoms with Crippen molar-refractivity contribution in [3.8, 4) is 0 Å². The smallest absolute Gasteiger partial charge is 0.251 e. The van der Waals surface area contributed by atoms with Crippen LogP contribution >= 0.6 is 0 Å². The molecule has 5 heteroatoms.